The second kappa shape index (κ2) is 4.52. The molecule has 0 fully saturated rings. The lowest BCUT2D eigenvalue weighted by atomic mass is 9.85. The fourth-order valence-electron chi connectivity index (χ4n) is 2.06. The topological polar surface area (TPSA) is 55.8 Å². The molecule has 0 unspecified atom stereocenters. The zero-order chi connectivity index (χ0) is 13.3. The Morgan fingerprint density at radius 3 is 2.67 bits per heavy atom. The number of carboxylic acids is 1. The molecule has 18 heavy (non-hydrogen) atoms. The van der Waals surface area contributed by atoms with Crippen LogP contribution < -0.4 is 9.47 Å². The standard InChI is InChI=1S/C14H18O4/c1-9-6-10(8-14(2,3)13(15)16)12-11(7-9)17-4-5-18-12/h6-7H,4-5,8H2,1-3H3,(H,15,16). The van der Waals surface area contributed by atoms with Gasteiger partial charge in [-0.2, -0.15) is 0 Å². The molecular formula is C14H18O4. The van der Waals surface area contributed by atoms with Crippen LogP contribution in [0.1, 0.15) is 25.0 Å². The maximum atomic E-state index is 11.2. The third-order valence-electron chi connectivity index (χ3n) is 3.07. The molecule has 1 N–H and O–H groups in total. The third-order valence-corrected chi connectivity index (χ3v) is 3.07. The van der Waals surface area contributed by atoms with Crippen molar-refractivity contribution in [3.05, 3.63) is 23.3 Å². The van der Waals surface area contributed by atoms with Gasteiger partial charge in [0.25, 0.3) is 0 Å². The number of ether oxygens (including phenoxy) is 2. The molecule has 0 aromatic heterocycles. The normalized spacial score (nSPS) is 14.4. The molecule has 0 saturated heterocycles. The summed E-state index contributed by atoms with van der Waals surface area (Å²) in [7, 11) is 0. The van der Waals surface area contributed by atoms with Gasteiger partial charge in [-0.05, 0) is 44.4 Å². The molecule has 1 aromatic rings. The van der Waals surface area contributed by atoms with E-state index in [0.29, 0.717) is 25.4 Å². The van der Waals surface area contributed by atoms with Crippen molar-refractivity contribution in [3.63, 3.8) is 0 Å². The van der Waals surface area contributed by atoms with E-state index in [0.717, 1.165) is 16.9 Å². The van der Waals surface area contributed by atoms with Crippen molar-refractivity contribution in [1.29, 1.82) is 0 Å². The molecule has 0 atom stereocenters. The van der Waals surface area contributed by atoms with E-state index in [1.54, 1.807) is 13.8 Å². The first kappa shape index (κ1) is 12.7. The van der Waals surface area contributed by atoms with Crippen LogP contribution in [0, 0.1) is 12.3 Å². The molecule has 0 bridgehead atoms. The van der Waals surface area contributed by atoms with Gasteiger partial charge in [0.2, 0.25) is 0 Å². The lowest BCUT2D eigenvalue weighted by Crippen LogP contribution is -2.27. The number of benzene rings is 1. The van der Waals surface area contributed by atoms with Crippen LogP contribution in [0.25, 0.3) is 0 Å². The molecule has 1 heterocycles. The van der Waals surface area contributed by atoms with Gasteiger partial charge in [-0.15, -0.1) is 0 Å². The van der Waals surface area contributed by atoms with E-state index in [9.17, 15) is 9.90 Å². The molecule has 0 spiro atoms. The lowest BCUT2D eigenvalue weighted by molar-refractivity contribution is -0.146. The first-order valence-corrected chi connectivity index (χ1v) is 6.03. The van der Waals surface area contributed by atoms with Gasteiger partial charge in [-0.3, -0.25) is 4.79 Å². The van der Waals surface area contributed by atoms with Gasteiger partial charge < -0.3 is 14.6 Å². The van der Waals surface area contributed by atoms with Crippen molar-refractivity contribution < 1.29 is 19.4 Å². The molecule has 0 radical (unpaired) electrons. The Balaban J connectivity index is 2.38. The number of carbonyl (C=O) groups is 1. The van der Waals surface area contributed by atoms with Crippen LogP contribution in [-0.2, 0) is 11.2 Å². The summed E-state index contributed by atoms with van der Waals surface area (Å²) < 4.78 is 11.2. The Kier molecular flexibility index (Phi) is 3.20. The second-order valence-electron chi connectivity index (χ2n) is 5.31. The Morgan fingerprint density at radius 2 is 2.00 bits per heavy atom. The van der Waals surface area contributed by atoms with E-state index in [1.807, 2.05) is 19.1 Å². The average Bonchev–Trinajstić information content (AvgIpc) is 2.28. The summed E-state index contributed by atoms with van der Waals surface area (Å²) in [5, 5.41) is 9.20. The van der Waals surface area contributed by atoms with Crippen LogP contribution in [0.15, 0.2) is 12.1 Å². The molecule has 4 nitrogen and oxygen atoms in total. The van der Waals surface area contributed by atoms with Crippen molar-refractivity contribution in [2.45, 2.75) is 27.2 Å². The highest BCUT2D eigenvalue weighted by molar-refractivity contribution is 5.74. The van der Waals surface area contributed by atoms with Crippen molar-refractivity contribution >= 4 is 5.97 Å². The summed E-state index contributed by atoms with van der Waals surface area (Å²) in [6.07, 6.45) is 0.426. The number of aliphatic carboxylic acids is 1. The molecule has 98 valence electrons. The minimum Gasteiger partial charge on any atom is -0.486 e. The van der Waals surface area contributed by atoms with Crippen LogP contribution in [0.2, 0.25) is 0 Å². The van der Waals surface area contributed by atoms with Gasteiger partial charge in [0, 0.05) is 0 Å². The lowest BCUT2D eigenvalue weighted by Gasteiger charge is -2.25. The van der Waals surface area contributed by atoms with Crippen LogP contribution in [0.3, 0.4) is 0 Å². The van der Waals surface area contributed by atoms with E-state index < -0.39 is 11.4 Å². The Hall–Kier alpha value is -1.71. The molecule has 0 saturated carbocycles. The summed E-state index contributed by atoms with van der Waals surface area (Å²) in [5.74, 6) is 0.605. The Morgan fingerprint density at radius 1 is 1.33 bits per heavy atom. The molecule has 0 amide bonds. The van der Waals surface area contributed by atoms with E-state index in [4.69, 9.17) is 9.47 Å². The zero-order valence-corrected chi connectivity index (χ0v) is 10.9. The highest BCUT2D eigenvalue weighted by Crippen LogP contribution is 2.38. The molecule has 0 aliphatic carbocycles. The van der Waals surface area contributed by atoms with Gasteiger partial charge in [0.05, 0.1) is 5.41 Å². The number of hydrogen-bond acceptors (Lipinski definition) is 3. The van der Waals surface area contributed by atoms with Crippen LogP contribution in [0.4, 0.5) is 0 Å². The predicted molar refractivity (Wildman–Crippen MR) is 67.3 cm³/mol. The summed E-state index contributed by atoms with van der Waals surface area (Å²) in [6, 6.07) is 3.89. The molecule has 2 rings (SSSR count). The largest absolute Gasteiger partial charge is 0.486 e. The van der Waals surface area contributed by atoms with Gasteiger partial charge in [0.15, 0.2) is 11.5 Å². The van der Waals surface area contributed by atoms with Crippen molar-refractivity contribution in [2.24, 2.45) is 5.41 Å². The molecule has 4 heteroatoms. The smallest absolute Gasteiger partial charge is 0.309 e. The number of fused-ring (bicyclic) bond motifs is 1. The molecule has 1 aliphatic rings. The number of hydrogen-bond donors (Lipinski definition) is 1. The quantitative estimate of drug-likeness (QED) is 0.895. The zero-order valence-electron chi connectivity index (χ0n) is 10.9. The maximum Gasteiger partial charge on any atom is 0.309 e. The fraction of sp³-hybridized carbons (Fsp3) is 0.500. The number of aryl methyl sites for hydroxylation is 1. The van der Waals surface area contributed by atoms with Gasteiger partial charge >= 0.3 is 5.97 Å². The summed E-state index contributed by atoms with van der Waals surface area (Å²) >= 11 is 0. The van der Waals surface area contributed by atoms with E-state index in [-0.39, 0.29) is 0 Å². The summed E-state index contributed by atoms with van der Waals surface area (Å²) in [4.78, 5) is 11.2. The Labute approximate surface area is 107 Å². The van der Waals surface area contributed by atoms with E-state index in [1.165, 1.54) is 0 Å². The van der Waals surface area contributed by atoms with E-state index in [2.05, 4.69) is 0 Å². The third kappa shape index (κ3) is 2.42. The first-order chi connectivity index (χ1) is 8.40. The van der Waals surface area contributed by atoms with Crippen LogP contribution >= 0.6 is 0 Å². The fourth-order valence-corrected chi connectivity index (χ4v) is 2.06. The molecule has 1 aliphatic heterocycles. The monoisotopic (exact) mass is 250 g/mol. The predicted octanol–water partition coefficient (Wildman–Crippen LogP) is 2.42. The van der Waals surface area contributed by atoms with E-state index >= 15 is 0 Å². The van der Waals surface area contributed by atoms with Crippen molar-refractivity contribution in [1.82, 2.24) is 0 Å². The van der Waals surface area contributed by atoms with Crippen LogP contribution in [-0.4, -0.2) is 24.3 Å². The minimum atomic E-state index is -0.817. The average molecular weight is 250 g/mol. The summed E-state index contributed by atoms with van der Waals surface area (Å²) in [6.45, 7) is 6.45. The van der Waals surface area contributed by atoms with Crippen molar-refractivity contribution in [3.8, 4) is 11.5 Å². The first-order valence-electron chi connectivity index (χ1n) is 6.03. The number of carboxylic acid groups (broad SMARTS) is 1. The maximum absolute atomic E-state index is 11.2. The molecular weight excluding hydrogens is 232 g/mol. The number of rotatable bonds is 3. The SMILES string of the molecule is Cc1cc(CC(C)(C)C(=O)O)c2c(c1)OCCO2. The minimum absolute atomic E-state index is 0.426. The van der Waals surface area contributed by atoms with Gasteiger partial charge in [-0.25, -0.2) is 0 Å². The second-order valence-corrected chi connectivity index (χ2v) is 5.31. The highest BCUT2D eigenvalue weighted by Gasteiger charge is 2.30. The van der Waals surface area contributed by atoms with Crippen molar-refractivity contribution in [2.75, 3.05) is 13.2 Å². The highest BCUT2D eigenvalue weighted by atomic mass is 16.6. The Bertz CT molecular complexity index is 477. The molecule has 1 aromatic carbocycles. The van der Waals surface area contributed by atoms with Gasteiger partial charge in [0.1, 0.15) is 13.2 Å². The van der Waals surface area contributed by atoms with Crippen LogP contribution in [0.5, 0.6) is 11.5 Å². The summed E-state index contributed by atoms with van der Waals surface area (Å²) in [5.41, 5.74) is 1.13. The van der Waals surface area contributed by atoms with Gasteiger partial charge in [-0.1, -0.05) is 6.07 Å².